The number of carbonyl (C=O) groups excluding carboxylic acids is 6. The maximum Gasteiger partial charge on any atom is 0.166 e. The van der Waals surface area contributed by atoms with E-state index in [1.807, 2.05) is 0 Å². The van der Waals surface area contributed by atoms with Gasteiger partial charge in [-0.1, -0.05) is 71.9 Å². The second kappa shape index (κ2) is 71.4. The second-order valence-corrected chi connectivity index (χ2v) is 22.2. The van der Waals surface area contributed by atoms with Gasteiger partial charge in [0, 0.05) is 73.4 Å². The molecule has 0 aromatic carbocycles. The van der Waals surface area contributed by atoms with E-state index < -0.39 is 5.79 Å². The molecule has 0 spiro atoms. The van der Waals surface area contributed by atoms with Crippen LogP contribution < -0.4 is 22.8 Å². The molecule has 0 rings (SSSR count). The Kier molecular flexibility index (Phi) is 89.7. The number of nitrogens with zero attached hydrogens (tertiary/aromatic N) is 2. The van der Waals surface area contributed by atoms with Gasteiger partial charge in [0.15, 0.2) is 11.6 Å². The Morgan fingerprint density at radius 1 is 0.507 bits per heavy atom. The fourth-order valence-corrected chi connectivity index (χ4v) is 9.18. The molecule has 0 heterocycles. The van der Waals surface area contributed by atoms with Crippen LogP contribution in [0.5, 0.6) is 0 Å². The summed E-state index contributed by atoms with van der Waals surface area (Å²) < 4.78 is 40.5. The molecule has 0 radical (unpaired) electrons. The molecular weight excluding hydrogens is 1110 g/mol. The molecule has 0 unspecified atom stereocenters. The smallest absolute Gasteiger partial charge is 0.166 e. The first-order valence-electron chi connectivity index (χ1n) is 23.4. The van der Waals surface area contributed by atoms with Crippen molar-refractivity contribution in [1.29, 1.82) is 0 Å². The SMILES string of the molecule is C.C.CCC[N+](CCC)(CCOC)CCC(C)=O.COC/C(CCCC(C)=O)=N\N.COCCSSCC(C)=O.COCOC(C)(C)OCC(C)=O.COCSCCCC(C)=O.COCSSCCC(C)=O.[Br-]. The van der Waals surface area contributed by atoms with Crippen LogP contribution in [-0.4, -0.2) is 188 Å². The Labute approximate surface area is 476 Å². The second-order valence-electron chi connectivity index (χ2n) is 16.0. The molecule has 73 heavy (non-hydrogen) atoms. The maximum atomic E-state index is 11.1. The number of ether oxygens (including phenoxy) is 8. The molecule has 17 nitrogen and oxygen atoms in total. The molecule has 0 bridgehead atoms. The number of nitrogens with two attached hydrogens (primary N) is 1. The van der Waals surface area contributed by atoms with Gasteiger partial charge in [-0.15, -0.1) is 11.8 Å². The zero-order valence-electron chi connectivity index (χ0n) is 46.6. The van der Waals surface area contributed by atoms with Crippen molar-refractivity contribution in [1.82, 2.24) is 0 Å². The van der Waals surface area contributed by atoms with Crippen molar-refractivity contribution in [2.75, 3.05) is 137 Å². The molecule has 0 amide bonds. The first kappa shape index (κ1) is 91.8. The largest absolute Gasteiger partial charge is 1.00 e. The number of thioether (sulfide) groups is 1. The number of Topliss-reactive ketones (excluding diaryl/α,β-unsaturated/α-hetero) is 6. The summed E-state index contributed by atoms with van der Waals surface area (Å²) in [7, 11) is 16.5. The first-order chi connectivity index (χ1) is 33.1. The first-order valence-corrected chi connectivity index (χ1v) is 29.6. The third-order valence-electron chi connectivity index (χ3n) is 8.26. The molecule has 0 aromatic heterocycles. The van der Waals surface area contributed by atoms with E-state index in [-0.39, 0.29) is 74.2 Å². The zero-order chi connectivity index (χ0) is 54.9. The van der Waals surface area contributed by atoms with Gasteiger partial charge in [0.05, 0.1) is 63.3 Å². The number of ketones is 6. The minimum Gasteiger partial charge on any atom is -1.00 e. The molecule has 0 saturated carbocycles. The topological polar surface area (TPSA) is 215 Å². The van der Waals surface area contributed by atoms with E-state index in [4.69, 9.17) is 43.7 Å². The van der Waals surface area contributed by atoms with E-state index >= 15 is 0 Å². The van der Waals surface area contributed by atoms with E-state index in [2.05, 4.69) is 18.9 Å². The number of hydrogen-bond donors (Lipinski definition) is 1. The molecule has 0 aromatic rings. The summed E-state index contributed by atoms with van der Waals surface area (Å²) in [6.45, 7) is 24.0. The highest BCUT2D eigenvalue weighted by Crippen LogP contribution is 2.21. The summed E-state index contributed by atoms with van der Waals surface area (Å²) in [6.07, 6.45) is 7.51. The lowest BCUT2D eigenvalue weighted by molar-refractivity contribution is -0.928. The van der Waals surface area contributed by atoms with Crippen LogP contribution in [0.4, 0.5) is 0 Å². The highest BCUT2D eigenvalue weighted by molar-refractivity contribution is 8.77. The van der Waals surface area contributed by atoms with Crippen LogP contribution in [0, 0.1) is 0 Å². The summed E-state index contributed by atoms with van der Waals surface area (Å²) in [5.41, 5.74) is 0.804. The average Bonchev–Trinajstić information content (AvgIpc) is 3.29. The van der Waals surface area contributed by atoms with Crippen LogP contribution in [0.25, 0.3) is 0 Å². The number of methoxy groups -OCH3 is 6. The van der Waals surface area contributed by atoms with E-state index in [0.717, 1.165) is 92.0 Å². The molecule has 0 aliphatic carbocycles. The molecule has 23 heteroatoms. The van der Waals surface area contributed by atoms with Gasteiger partial charge in [-0.3, -0.25) is 19.2 Å². The number of halogens is 1. The number of carbonyl (C=O) groups is 6. The van der Waals surface area contributed by atoms with Gasteiger partial charge in [0.2, 0.25) is 0 Å². The summed E-state index contributed by atoms with van der Waals surface area (Å²) in [6, 6.07) is 0. The van der Waals surface area contributed by atoms with Crippen molar-refractivity contribution < 1.29 is 88.1 Å². The molecule has 0 fully saturated rings. The van der Waals surface area contributed by atoms with E-state index in [0.29, 0.717) is 49.8 Å². The van der Waals surface area contributed by atoms with Crippen LogP contribution >= 0.6 is 54.9 Å². The molecule has 0 aliphatic heterocycles. The van der Waals surface area contributed by atoms with Crippen LogP contribution in [0.2, 0.25) is 0 Å². The van der Waals surface area contributed by atoms with Gasteiger partial charge in [-0.05, 0) is 93.2 Å². The average molecular weight is 1210 g/mol. The van der Waals surface area contributed by atoms with Crippen molar-refractivity contribution >= 4 is 95.3 Å². The van der Waals surface area contributed by atoms with Gasteiger partial charge in [-0.2, -0.15) is 5.10 Å². The van der Waals surface area contributed by atoms with Crippen molar-refractivity contribution in [2.45, 2.75) is 148 Å². The quantitative estimate of drug-likeness (QED) is 0.0120. The summed E-state index contributed by atoms with van der Waals surface area (Å²) >= 11 is 1.72. The maximum absolute atomic E-state index is 11.1. The summed E-state index contributed by atoms with van der Waals surface area (Å²) in [5.74, 6) is 10.5. The molecule has 0 aliphatic rings. The summed E-state index contributed by atoms with van der Waals surface area (Å²) in [4.78, 5) is 63.5. The van der Waals surface area contributed by atoms with Crippen molar-refractivity contribution in [3.05, 3.63) is 0 Å². The van der Waals surface area contributed by atoms with E-state index in [1.54, 1.807) is 139 Å². The highest BCUT2D eigenvalue weighted by Gasteiger charge is 2.25. The van der Waals surface area contributed by atoms with Gasteiger partial charge in [0.1, 0.15) is 54.8 Å². The number of rotatable bonds is 40. The molecular formula is C50H106BrN3O14S5. The van der Waals surface area contributed by atoms with Gasteiger partial charge >= 0.3 is 0 Å². The third kappa shape index (κ3) is 91.2. The molecule has 442 valence electrons. The van der Waals surface area contributed by atoms with Crippen molar-refractivity contribution in [3.8, 4) is 0 Å². The Hall–Kier alpha value is -0.640. The van der Waals surface area contributed by atoms with E-state index in [1.165, 1.54) is 26.9 Å². The monoisotopic (exact) mass is 1210 g/mol. The van der Waals surface area contributed by atoms with Gasteiger partial charge in [0.25, 0.3) is 0 Å². The van der Waals surface area contributed by atoms with Crippen LogP contribution in [0.1, 0.15) is 142 Å². The fraction of sp³-hybridized carbons (Fsp3) is 0.860. The highest BCUT2D eigenvalue weighted by atomic mass is 79.9. The normalized spacial score (nSPS) is 10.4. The lowest BCUT2D eigenvalue weighted by Crippen LogP contribution is -3.00. The number of hydrogen-bond acceptors (Lipinski definition) is 21. The Bertz CT molecular complexity index is 1220. The van der Waals surface area contributed by atoms with Gasteiger partial charge < -0.3 is 74.8 Å². The molecule has 0 atom stereocenters. The van der Waals surface area contributed by atoms with Crippen molar-refractivity contribution in [2.24, 2.45) is 10.9 Å². The standard InChI is InChI=1S/C13H28NO2.C8H16N2O2.C8H16O4.C7H14O2S.2C6H12O2S2.2CH4.BrH/c1-5-8-14(9-6-2,11-12-16-4)10-7-13(3)15;1-7(11)4-3-5-8(10-9)6-12-2;1-7(9)5-11-8(2,3)12-6-10-4;1-7(8)4-3-5-10-6-9-2;1-6(7)5-10-9-4-3-8-2;1-6(7)3-4-9-10-5-8-2;;;/h5-12H2,1-4H3;3-6,9H2,1-2H3;5-6H2,1-4H3;3-6H2,1-2H3;2*3-5H2,1-2H3;2*1H4;1H/q+1;;;;;;;;/p-1/b;10-8-;;;;;;;. The zero-order valence-corrected chi connectivity index (χ0v) is 52.2. The van der Waals surface area contributed by atoms with E-state index in [9.17, 15) is 28.8 Å². The predicted molar refractivity (Wildman–Crippen MR) is 312 cm³/mol. The molecule has 2 N–H and O–H groups in total. The Balaban J connectivity index is -0.0000000962. The Morgan fingerprint density at radius 3 is 1.45 bits per heavy atom. The Morgan fingerprint density at radius 2 is 1.03 bits per heavy atom. The van der Waals surface area contributed by atoms with Crippen molar-refractivity contribution in [3.63, 3.8) is 0 Å². The fourth-order valence-electron chi connectivity index (χ4n) is 4.89. The van der Waals surface area contributed by atoms with Crippen LogP contribution in [0.15, 0.2) is 5.10 Å². The minimum absolute atomic E-state index is 0. The van der Waals surface area contributed by atoms with Gasteiger partial charge in [-0.25, -0.2) is 0 Å². The number of quaternary nitrogens is 1. The summed E-state index contributed by atoms with van der Waals surface area (Å²) in [5, 5.41) is 3.55. The lowest BCUT2D eigenvalue weighted by Gasteiger charge is -2.38. The minimum atomic E-state index is -0.762. The van der Waals surface area contributed by atoms with Crippen LogP contribution in [0.3, 0.4) is 0 Å². The predicted octanol–water partition coefficient (Wildman–Crippen LogP) is 7.43. The third-order valence-corrected chi connectivity index (χ3v) is 13.8. The lowest BCUT2D eigenvalue weighted by atomic mass is 10.1. The number of hydrazone groups is 1. The molecule has 0 saturated heterocycles. The van der Waals surface area contributed by atoms with Crippen LogP contribution in [-0.2, 0) is 66.7 Å².